The maximum atomic E-state index is 12.8. The molecule has 1 fully saturated rings. The van der Waals surface area contributed by atoms with Gasteiger partial charge in [-0.1, -0.05) is 30.3 Å². The second kappa shape index (κ2) is 9.87. The lowest BCUT2D eigenvalue weighted by Crippen LogP contribution is -2.35. The summed E-state index contributed by atoms with van der Waals surface area (Å²) < 4.78 is 18.4. The Morgan fingerprint density at radius 1 is 1.06 bits per heavy atom. The molecule has 4 rings (SSSR count). The third-order valence-electron chi connectivity index (χ3n) is 5.55. The van der Waals surface area contributed by atoms with Crippen LogP contribution in [0.4, 0.5) is 0 Å². The highest BCUT2D eigenvalue weighted by Crippen LogP contribution is 2.36. The van der Waals surface area contributed by atoms with Gasteiger partial charge in [-0.2, -0.15) is 5.10 Å². The van der Waals surface area contributed by atoms with Gasteiger partial charge in [-0.15, -0.1) is 0 Å². The molecule has 1 aliphatic carbocycles. The quantitative estimate of drug-likeness (QED) is 0.476. The standard InChI is InChI=1S/C25H29N3O4/c1-27-25(32-21-13-11-20(31-3)12-14-21)22(24(26-27)19-7-5-4-6-8-19)16-28(15-18-9-10-18)23(29)17-30-2/h4-8,11-14,18H,9-10,15-17H2,1-3H3. The predicted octanol–water partition coefficient (Wildman–Crippen LogP) is 4.27. The average molecular weight is 436 g/mol. The van der Waals surface area contributed by atoms with Crippen molar-refractivity contribution < 1.29 is 19.0 Å². The van der Waals surface area contributed by atoms with Gasteiger partial charge in [0, 0.05) is 26.3 Å². The Morgan fingerprint density at radius 3 is 2.38 bits per heavy atom. The van der Waals surface area contributed by atoms with Crippen LogP contribution >= 0.6 is 0 Å². The highest BCUT2D eigenvalue weighted by atomic mass is 16.5. The first kappa shape index (κ1) is 21.9. The van der Waals surface area contributed by atoms with Crippen LogP contribution in [-0.2, 0) is 23.1 Å². The lowest BCUT2D eigenvalue weighted by Gasteiger charge is -2.23. The molecule has 0 bridgehead atoms. The van der Waals surface area contributed by atoms with Crippen molar-refractivity contribution in [3.8, 4) is 28.6 Å². The number of nitrogens with zero attached hydrogens (tertiary/aromatic N) is 3. The molecule has 1 heterocycles. The number of benzene rings is 2. The fraction of sp³-hybridized carbons (Fsp3) is 0.360. The van der Waals surface area contributed by atoms with Gasteiger partial charge in [0.1, 0.15) is 23.8 Å². The van der Waals surface area contributed by atoms with Crippen molar-refractivity contribution in [2.24, 2.45) is 13.0 Å². The monoisotopic (exact) mass is 435 g/mol. The molecule has 1 amide bonds. The van der Waals surface area contributed by atoms with Gasteiger partial charge in [-0.05, 0) is 43.0 Å². The van der Waals surface area contributed by atoms with E-state index in [-0.39, 0.29) is 12.5 Å². The van der Waals surface area contributed by atoms with E-state index < -0.39 is 0 Å². The molecule has 1 aliphatic rings. The van der Waals surface area contributed by atoms with Gasteiger partial charge >= 0.3 is 0 Å². The van der Waals surface area contributed by atoms with Crippen molar-refractivity contribution in [1.82, 2.24) is 14.7 Å². The number of carbonyl (C=O) groups excluding carboxylic acids is 1. The lowest BCUT2D eigenvalue weighted by atomic mass is 10.1. The Bertz CT molecular complexity index is 1040. The van der Waals surface area contributed by atoms with Crippen LogP contribution in [0.3, 0.4) is 0 Å². The number of amides is 1. The second-order valence-electron chi connectivity index (χ2n) is 8.05. The van der Waals surface area contributed by atoms with Crippen LogP contribution in [0.25, 0.3) is 11.3 Å². The van der Waals surface area contributed by atoms with E-state index in [2.05, 4.69) is 0 Å². The minimum atomic E-state index is -0.0299. The maximum Gasteiger partial charge on any atom is 0.248 e. The highest BCUT2D eigenvalue weighted by molar-refractivity contribution is 5.78. The smallest absolute Gasteiger partial charge is 0.248 e. The van der Waals surface area contributed by atoms with Crippen LogP contribution in [0.2, 0.25) is 0 Å². The van der Waals surface area contributed by atoms with E-state index in [1.54, 1.807) is 18.9 Å². The normalized spacial score (nSPS) is 13.1. The third kappa shape index (κ3) is 5.11. The van der Waals surface area contributed by atoms with Gasteiger partial charge in [-0.25, -0.2) is 4.68 Å². The molecule has 168 valence electrons. The summed E-state index contributed by atoms with van der Waals surface area (Å²) in [5.41, 5.74) is 2.66. The Morgan fingerprint density at radius 2 is 1.75 bits per heavy atom. The van der Waals surface area contributed by atoms with Gasteiger partial charge in [0.05, 0.1) is 19.2 Å². The van der Waals surface area contributed by atoms with E-state index >= 15 is 0 Å². The predicted molar refractivity (Wildman–Crippen MR) is 122 cm³/mol. The molecule has 7 heteroatoms. The molecule has 1 aromatic heterocycles. The lowest BCUT2D eigenvalue weighted by molar-refractivity contribution is -0.136. The summed E-state index contributed by atoms with van der Waals surface area (Å²) in [6, 6.07) is 17.4. The zero-order valence-corrected chi connectivity index (χ0v) is 18.8. The zero-order chi connectivity index (χ0) is 22.5. The van der Waals surface area contributed by atoms with Gasteiger partial charge in [-0.3, -0.25) is 4.79 Å². The molecule has 0 spiro atoms. The molecule has 32 heavy (non-hydrogen) atoms. The number of hydrogen-bond acceptors (Lipinski definition) is 5. The first-order chi connectivity index (χ1) is 15.6. The Balaban J connectivity index is 1.71. The summed E-state index contributed by atoms with van der Waals surface area (Å²) in [7, 11) is 5.04. The number of ether oxygens (including phenoxy) is 3. The van der Waals surface area contributed by atoms with E-state index in [9.17, 15) is 4.79 Å². The van der Waals surface area contributed by atoms with E-state index in [4.69, 9.17) is 19.3 Å². The summed E-state index contributed by atoms with van der Waals surface area (Å²) >= 11 is 0. The molecule has 3 aromatic rings. The number of aryl methyl sites for hydroxylation is 1. The summed E-state index contributed by atoms with van der Waals surface area (Å²) in [6.07, 6.45) is 2.31. The molecule has 0 radical (unpaired) electrons. The molecule has 0 atom stereocenters. The van der Waals surface area contributed by atoms with Crippen molar-refractivity contribution in [3.63, 3.8) is 0 Å². The number of methoxy groups -OCH3 is 2. The molecule has 7 nitrogen and oxygen atoms in total. The van der Waals surface area contributed by atoms with Crippen molar-refractivity contribution in [2.75, 3.05) is 27.4 Å². The molecule has 2 aromatic carbocycles. The largest absolute Gasteiger partial charge is 0.497 e. The van der Waals surface area contributed by atoms with E-state index in [1.165, 1.54) is 0 Å². The highest BCUT2D eigenvalue weighted by Gasteiger charge is 2.29. The molecule has 1 saturated carbocycles. The van der Waals surface area contributed by atoms with Crippen LogP contribution < -0.4 is 9.47 Å². The minimum absolute atomic E-state index is 0.0299. The van der Waals surface area contributed by atoms with Crippen LogP contribution in [0, 0.1) is 5.92 Å². The fourth-order valence-electron chi connectivity index (χ4n) is 3.68. The molecule has 0 N–H and O–H groups in total. The molecule has 0 saturated heterocycles. The molecule has 0 unspecified atom stereocenters. The van der Waals surface area contributed by atoms with Gasteiger partial charge in [0.2, 0.25) is 11.8 Å². The first-order valence-corrected chi connectivity index (χ1v) is 10.8. The molecular weight excluding hydrogens is 406 g/mol. The number of hydrogen-bond donors (Lipinski definition) is 0. The summed E-state index contributed by atoms with van der Waals surface area (Å²) in [5.74, 6) is 2.57. The van der Waals surface area contributed by atoms with Gasteiger partial charge < -0.3 is 19.1 Å². The number of carbonyl (C=O) groups is 1. The maximum absolute atomic E-state index is 12.8. The average Bonchev–Trinajstić information content (AvgIpc) is 3.59. The third-order valence-corrected chi connectivity index (χ3v) is 5.55. The zero-order valence-electron chi connectivity index (χ0n) is 18.8. The van der Waals surface area contributed by atoms with E-state index in [0.717, 1.165) is 35.4 Å². The molecular formula is C25H29N3O4. The van der Waals surface area contributed by atoms with Crippen LogP contribution in [0.5, 0.6) is 17.4 Å². The van der Waals surface area contributed by atoms with Gasteiger partial charge in [0.15, 0.2) is 0 Å². The Labute approximate surface area is 188 Å². The van der Waals surface area contributed by atoms with Crippen molar-refractivity contribution in [3.05, 3.63) is 60.2 Å². The number of aromatic nitrogens is 2. The van der Waals surface area contributed by atoms with Gasteiger partial charge in [0.25, 0.3) is 0 Å². The van der Waals surface area contributed by atoms with Crippen molar-refractivity contribution >= 4 is 5.91 Å². The first-order valence-electron chi connectivity index (χ1n) is 10.8. The Hall–Kier alpha value is -3.32. The SMILES string of the molecule is COCC(=O)N(Cc1c(-c2ccccc2)nn(C)c1Oc1ccc(OC)cc1)CC1CC1. The second-order valence-corrected chi connectivity index (χ2v) is 8.05. The van der Waals surface area contributed by atoms with E-state index in [0.29, 0.717) is 30.6 Å². The van der Waals surface area contributed by atoms with Crippen molar-refractivity contribution in [2.45, 2.75) is 19.4 Å². The summed E-state index contributed by atoms with van der Waals surface area (Å²) in [4.78, 5) is 14.7. The summed E-state index contributed by atoms with van der Waals surface area (Å²) in [6.45, 7) is 1.18. The fourth-order valence-corrected chi connectivity index (χ4v) is 3.68. The summed E-state index contributed by atoms with van der Waals surface area (Å²) in [5, 5.41) is 4.76. The van der Waals surface area contributed by atoms with E-state index in [1.807, 2.05) is 66.5 Å². The van der Waals surface area contributed by atoms with Crippen LogP contribution in [0.1, 0.15) is 18.4 Å². The Kier molecular flexibility index (Phi) is 6.75. The number of rotatable bonds is 10. The van der Waals surface area contributed by atoms with Crippen LogP contribution in [0.15, 0.2) is 54.6 Å². The van der Waals surface area contributed by atoms with Crippen LogP contribution in [-0.4, -0.2) is 48.0 Å². The minimum Gasteiger partial charge on any atom is -0.497 e. The molecule has 0 aliphatic heterocycles. The topological polar surface area (TPSA) is 65.8 Å². The van der Waals surface area contributed by atoms with Crippen molar-refractivity contribution in [1.29, 1.82) is 0 Å².